The number of hydrogen-bond donors (Lipinski definition) is 0. The van der Waals surface area contributed by atoms with E-state index in [-0.39, 0.29) is 22.7 Å². The van der Waals surface area contributed by atoms with Gasteiger partial charge in [0.1, 0.15) is 6.29 Å². The molecular formula is C30H26N2O4. The Balaban J connectivity index is 1.62. The fraction of sp³-hybridized carbons (Fsp3) is 0.267. The number of fused-ring (bicyclic) bond motifs is 3. The number of benzene rings is 3. The third-order valence-corrected chi connectivity index (χ3v) is 8.62. The van der Waals surface area contributed by atoms with Gasteiger partial charge < -0.3 is 4.90 Å². The van der Waals surface area contributed by atoms with Gasteiger partial charge in [0.15, 0.2) is 0 Å². The van der Waals surface area contributed by atoms with Crippen LogP contribution in [0.5, 0.6) is 0 Å². The van der Waals surface area contributed by atoms with Crippen LogP contribution in [0.15, 0.2) is 96.6 Å². The molecule has 180 valence electrons. The van der Waals surface area contributed by atoms with Crippen molar-refractivity contribution in [2.24, 2.45) is 11.8 Å². The number of amides is 1. The molecule has 3 aliphatic rings. The van der Waals surface area contributed by atoms with Gasteiger partial charge in [0.25, 0.3) is 0 Å². The second-order valence-electron chi connectivity index (χ2n) is 10.1. The van der Waals surface area contributed by atoms with Gasteiger partial charge in [-0.1, -0.05) is 84.9 Å². The molecule has 36 heavy (non-hydrogen) atoms. The van der Waals surface area contributed by atoms with E-state index in [0.717, 1.165) is 28.7 Å². The van der Waals surface area contributed by atoms with Gasteiger partial charge in [-0.25, -0.2) is 0 Å². The number of nitrogens with zero attached hydrogens (tertiary/aromatic N) is 2. The van der Waals surface area contributed by atoms with Gasteiger partial charge in [0.2, 0.25) is 11.9 Å². The maximum atomic E-state index is 14.2. The number of aldehydes is 1. The Morgan fingerprint density at radius 3 is 2.19 bits per heavy atom. The lowest BCUT2D eigenvalue weighted by atomic mass is 9.66. The lowest BCUT2D eigenvalue weighted by molar-refractivity contribution is -0.537. The molecule has 6 atom stereocenters. The molecule has 1 amide bonds. The van der Waals surface area contributed by atoms with Crippen LogP contribution in [0.2, 0.25) is 0 Å². The van der Waals surface area contributed by atoms with Gasteiger partial charge in [0, 0.05) is 35.1 Å². The lowest BCUT2D eigenvalue weighted by Crippen LogP contribution is -2.42. The van der Waals surface area contributed by atoms with E-state index in [0.29, 0.717) is 12.0 Å². The number of likely N-dealkylation sites (N-methyl/N-ethyl adjacent to an activating group) is 1. The predicted molar refractivity (Wildman–Crippen MR) is 136 cm³/mol. The number of carbonyl (C=O) groups is 2. The maximum absolute atomic E-state index is 14.2. The highest BCUT2D eigenvalue weighted by Crippen LogP contribution is 2.65. The zero-order valence-corrected chi connectivity index (χ0v) is 19.9. The molecule has 1 fully saturated rings. The molecule has 6 rings (SSSR count). The van der Waals surface area contributed by atoms with Crippen LogP contribution in [0.25, 0.3) is 0 Å². The summed E-state index contributed by atoms with van der Waals surface area (Å²) in [6, 6.07) is 25.8. The van der Waals surface area contributed by atoms with Crippen molar-refractivity contribution in [2.75, 3.05) is 11.9 Å². The molecule has 3 aromatic carbocycles. The van der Waals surface area contributed by atoms with Gasteiger partial charge in [-0.3, -0.25) is 19.7 Å². The molecule has 1 saturated carbocycles. The number of anilines is 1. The van der Waals surface area contributed by atoms with Crippen molar-refractivity contribution >= 4 is 17.9 Å². The Kier molecular flexibility index (Phi) is 5.14. The first-order valence-corrected chi connectivity index (χ1v) is 12.3. The molecule has 0 saturated heterocycles. The molecule has 0 unspecified atom stereocenters. The van der Waals surface area contributed by atoms with Gasteiger partial charge in [-0.15, -0.1) is 0 Å². The standard InChI is InChI=1S/C30H26N2O4/c1-31-25-15-9-8-14-24(25)30(29(31)34)17-23-22(27(30)20-12-6-3-7-13-20)16-21(18-33)26(28(23)32(35)36)19-10-4-2-5-11-19/h2-16,18,22-23,26-28H,17H2,1H3/t22-,23+,26+,27+,28+,30+/m0/s1. The highest BCUT2D eigenvalue weighted by Gasteiger charge is 2.67. The summed E-state index contributed by atoms with van der Waals surface area (Å²) in [5.41, 5.74) is 2.97. The maximum Gasteiger partial charge on any atom is 0.238 e. The predicted octanol–water partition coefficient (Wildman–Crippen LogP) is 4.89. The van der Waals surface area contributed by atoms with E-state index >= 15 is 0 Å². The van der Waals surface area contributed by atoms with Crippen molar-refractivity contribution in [3.63, 3.8) is 0 Å². The van der Waals surface area contributed by atoms with Crippen LogP contribution in [0.1, 0.15) is 34.9 Å². The second-order valence-corrected chi connectivity index (χ2v) is 10.1. The molecule has 0 aromatic heterocycles. The minimum absolute atomic E-state index is 0.0358. The Hall–Kier alpha value is -4.06. The number of nitro groups is 1. The van der Waals surface area contributed by atoms with E-state index in [1.54, 1.807) is 11.9 Å². The SMILES string of the molecule is CN1C(=O)[C@]2(C[C@@H]3[C@H](C=C(C=O)[C@@H](c4ccccc4)[C@@H]3[N+](=O)[O-])[C@H]2c2ccccc2)c2ccccc21. The average Bonchev–Trinajstić information content (AvgIpc) is 3.36. The first kappa shape index (κ1) is 22.4. The summed E-state index contributed by atoms with van der Waals surface area (Å²) in [5, 5.41) is 12.7. The molecular weight excluding hydrogens is 452 g/mol. The van der Waals surface area contributed by atoms with E-state index in [1.165, 1.54) is 0 Å². The van der Waals surface area contributed by atoms with Crippen molar-refractivity contribution in [3.8, 4) is 0 Å². The molecule has 1 spiro atoms. The monoisotopic (exact) mass is 478 g/mol. The molecule has 0 radical (unpaired) electrons. The Morgan fingerprint density at radius 1 is 0.944 bits per heavy atom. The summed E-state index contributed by atoms with van der Waals surface area (Å²) in [4.78, 5) is 40.8. The summed E-state index contributed by atoms with van der Waals surface area (Å²) in [7, 11) is 1.78. The zero-order valence-electron chi connectivity index (χ0n) is 19.9. The lowest BCUT2D eigenvalue weighted by Gasteiger charge is -2.36. The van der Waals surface area contributed by atoms with Crippen molar-refractivity contribution in [3.05, 3.63) is 123 Å². The number of rotatable bonds is 4. The van der Waals surface area contributed by atoms with Crippen molar-refractivity contribution in [2.45, 2.75) is 29.7 Å². The largest absolute Gasteiger partial charge is 0.314 e. The first-order chi connectivity index (χ1) is 17.5. The highest BCUT2D eigenvalue weighted by atomic mass is 16.6. The van der Waals surface area contributed by atoms with Gasteiger partial charge in [-0.2, -0.15) is 0 Å². The summed E-state index contributed by atoms with van der Waals surface area (Å²) in [6.45, 7) is 0. The smallest absolute Gasteiger partial charge is 0.238 e. The Bertz CT molecular complexity index is 1390. The van der Waals surface area contributed by atoms with E-state index in [2.05, 4.69) is 0 Å². The highest BCUT2D eigenvalue weighted by molar-refractivity contribution is 6.09. The van der Waals surface area contributed by atoms with E-state index in [4.69, 9.17) is 0 Å². The van der Waals surface area contributed by atoms with E-state index in [9.17, 15) is 19.7 Å². The third kappa shape index (κ3) is 2.97. The van der Waals surface area contributed by atoms with Gasteiger partial charge in [-0.05, 0) is 35.1 Å². The molecule has 6 heteroatoms. The molecule has 0 N–H and O–H groups in total. The van der Waals surface area contributed by atoms with E-state index < -0.39 is 23.3 Å². The van der Waals surface area contributed by atoms with Crippen LogP contribution in [-0.4, -0.2) is 30.2 Å². The van der Waals surface area contributed by atoms with Crippen molar-refractivity contribution in [1.29, 1.82) is 0 Å². The molecule has 3 aromatic rings. The molecule has 1 aliphatic heterocycles. The van der Waals surface area contributed by atoms with Gasteiger partial charge in [0.05, 0.1) is 11.3 Å². The number of hydrogen-bond acceptors (Lipinski definition) is 4. The second kappa shape index (κ2) is 8.26. The normalized spacial score (nSPS) is 30.6. The van der Waals surface area contributed by atoms with Crippen LogP contribution < -0.4 is 4.90 Å². The van der Waals surface area contributed by atoms with Crippen molar-refractivity contribution in [1.82, 2.24) is 0 Å². The number of carbonyl (C=O) groups excluding carboxylic acids is 2. The summed E-state index contributed by atoms with van der Waals surface area (Å²) in [5.74, 6) is -1.76. The molecule has 1 heterocycles. The Morgan fingerprint density at radius 2 is 1.56 bits per heavy atom. The van der Waals surface area contributed by atoms with E-state index in [1.807, 2.05) is 91.0 Å². The zero-order chi connectivity index (χ0) is 25.0. The van der Waals surface area contributed by atoms with Gasteiger partial charge >= 0.3 is 0 Å². The van der Waals surface area contributed by atoms with Crippen LogP contribution in [0.4, 0.5) is 5.69 Å². The Labute approximate surface area is 209 Å². The number of para-hydroxylation sites is 1. The van der Waals surface area contributed by atoms with Crippen LogP contribution in [0, 0.1) is 22.0 Å². The molecule has 0 bridgehead atoms. The van der Waals surface area contributed by atoms with Crippen LogP contribution in [0.3, 0.4) is 0 Å². The average molecular weight is 479 g/mol. The fourth-order valence-corrected chi connectivity index (χ4v) is 7.32. The minimum Gasteiger partial charge on any atom is -0.314 e. The summed E-state index contributed by atoms with van der Waals surface area (Å²) in [6.07, 6.45) is 3.07. The molecule has 2 aliphatic carbocycles. The quantitative estimate of drug-likeness (QED) is 0.304. The van der Waals surface area contributed by atoms with Crippen LogP contribution >= 0.6 is 0 Å². The summed E-state index contributed by atoms with van der Waals surface area (Å²) >= 11 is 0. The molecule has 6 nitrogen and oxygen atoms in total. The topological polar surface area (TPSA) is 80.5 Å². The number of allylic oxidation sites excluding steroid dienone is 1. The first-order valence-electron chi connectivity index (χ1n) is 12.3. The fourth-order valence-electron chi connectivity index (χ4n) is 7.32. The van der Waals surface area contributed by atoms with Crippen LogP contribution in [-0.2, 0) is 15.0 Å². The minimum atomic E-state index is -1.01. The summed E-state index contributed by atoms with van der Waals surface area (Å²) < 4.78 is 0. The van der Waals surface area contributed by atoms with Crippen molar-refractivity contribution < 1.29 is 14.5 Å². The third-order valence-electron chi connectivity index (χ3n) is 8.62.